The van der Waals surface area contributed by atoms with Crippen molar-refractivity contribution in [3.05, 3.63) is 77.7 Å². The zero-order chi connectivity index (χ0) is 23.4. The molecule has 1 aliphatic heterocycles. The first kappa shape index (κ1) is 23.6. The zero-order valence-corrected chi connectivity index (χ0v) is 20.4. The third kappa shape index (κ3) is 6.50. The van der Waals surface area contributed by atoms with Crippen LogP contribution in [0.1, 0.15) is 23.3 Å². The second kappa shape index (κ2) is 10.2. The molecular formula is C25H28N2O4S2. The Hall–Kier alpha value is -2.55. The van der Waals surface area contributed by atoms with E-state index >= 15 is 0 Å². The van der Waals surface area contributed by atoms with Gasteiger partial charge in [0.15, 0.2) is 9.84 Å². The van der Waals surface area contributed by atoms with E-state index in [2.05, 4.69) is 37.4 Å². The van der Waals surface area contributed by atoms with Crippen LogP contribution in [0.25, 0.3) is 0 Å². The van der Waals surface area contributed by atoms with Gasteiger partial charge in [0.1, 0.15) is 5.76 Å². The molecule has 174 valence electrons. The smallest absolute Gasteiger partial charge is 0.238 e. The summed E-state index contributed by atoms with van der Waals surface area (Å²) in [5, 5.41) is 2.94. The Morgan fingerprint density at radius 3 is 2.61 bits per heavy atom. The van der Waals surface area contributed by atoms with Crippen molar-refractivity contribution in [2.24, 2.45) is 0 Å². The Kier molecular flexibility index (Phi) is 7.26. The molecule has 1 aliphatic rings. The van der Waals surface area contributed by atoms with Crippen LogP contribution in [0, 0.1) is 13.8 Å². The van der Waals surface area contributed by atoms with Crippen LogP contribution in [-0.4, -0.2) is 43.3 Å². The summed E-state index contributed by atoms with van der Waals surface area (Å²) in [7, 11) is -3.06. The third-order valence-electron chi connectivity index (χ3n) is 5.72. The first-order chi connectivity index (χ1) is 15.8. The second-order valence-corrected chi connectivity index (χ2v) is 11.8. The third-order valence-corrected chi connectivity index (χ3v) is 8.64. The van der Waals surface area contributed by atoms with Crippen molar-refractivity contribution in [2.45, 2.75) is 42.6 Å². The van der Waals surface area contributed by atoms with Crippen LogP contribution in [0.3, 0.4) is 0 Å². The minimum Gasteiger partial charge on any atom is -0.468 e. The first-order valence-electron chi connectivity index (χ1n) is 10.9. The number of nitrogens with one attached hydrogen (secondary N) is 1. The van der Waals surface area contributed by atoms with Gasteiger partial charge in [0, 0.05) is 21.5 Å². The van der Waals surface area contributed by atoms with Crippen LogP contribution >= 0.6 is 11.8 Å². The average Bonchev–Trinajstić information content (AvgIpc) is 3.41. The van der Waals surface area contributed by atoms with E-state index in [0.29, 0.717) is 24.4 Å². The Labute approximate surface area is 199 Å². The molecule has 0 bridgehead atoms. The Balaban J connectivity index is 1.39. The highest BCUT2D eigenvalue weighted by atomic mass is 32.2. The number of amides is 1. The van der Waals surface area contributed by atoms with Crippen LogP contribution in [-0.2, 0) is 21.2 Å². The van der Waals surface area contributed by atoms with Gasteiger partial charge in [-0.2, -0.15) is 0 Å². The maximum atomic E-state index is 12.8. The van der Waals surface area contributed by atoms with Crippen LogP contribution in [0.15, 0.2) is 75.1 Å². The van der Waals surface area contributed by atoms with Crippen molar-refractivity contribution in [1.82, 2.24) is 4.90 Å². The molecule has 1 amide bonds. The van der Waals surface area contributed by atoms with Crippen LogP contribution in [0.2, 0.25) is 0 Å². The van der Waals surface area contributed by atoms with E-state index in [1.54, 1.807) is 24.1 Å². The number of hydrogen-bond acceptors (Lipinski definition) is 6. The number of furan rings is 1. The highest BCUT2D eigenvalue weighted by Crippen LogP contribution is 2.31. The molecule has 0 saturated carbocycles. The maximum Gasteiger partial charge on any atom is 0.238 e. The van der Waals surface area contributed by atoms with Crippen molar-refractivity contribution in [3.63, 3.8) is 0 Å². The van der Waals surface area contributed by atoms with Gasteiger partial charge < -0.3 is 9.73 Å². The van der Waals surface area contributed by atoms with Crippen LogP contribution in [0.5, 0.6) is 0 Å². The maximum absolute atomic E-state index is 12.8. The summed E-state index contributed by atoms with van der Waals surface area (Å²) < 4.78 is 29.4. The van der Waals surface area contributed by atoms with E-state index in [-0.39, 0.29) is 30.0 Å². The average molecular weight is 485 g/mol. The molecule has 1 atom stereocenters. The van der Waals surface area contributed by atoms with Crippen molar-refractivity contribution < 1.29 is 17.6 Å². The predicted molar refractivity (Wildman–Crippen MR) is 131 cm³/mol. The summed E-state index contributed by atoms with van der Waals surface area (Å²) in [6, 6.07) is 17.6. The van der Waals surface area contributed by atoms with Gasteiger partial charge in [-0.3, -0.25) is 9.69 Å². The molecule has 0 spiro atoms. The van der Waals surface area contributed by atoms with Gasteiger partial charge in [0.2, 0.25) is 5.91 Å². The molecule has 1 unspecified atom stereocenters. The van der Waals surface area contributed by atoms with Crippen LogP contribution in [0.4, 0.5) is 5.69 Å². The highest BCUT2D eigenvalue weighted by molar-refractivity contribution is 7.99. The topological polar surface area (TPSA) is 79.6 Å². The molecule has 3 aromatic rings. The van der Waals surface area contributed by atoms with Gasteiger partial charge in [-0.25, -0.2) is 8.42 Å². The second-order valence-electron chi connectivity index (χ2n) is 8.48. The van der Waals surface area contributed by atoms with Gasteiger partial charge >= 0.3 is 0 Å². The quantitative estimate of drug-likeness (QED) is 0.500. The monoisotopic (exact) mass is 484 g/mol. The number of carbonyl (C=O) groups is 1. The first-order valence-corrected chi connectivity index (χ1v) is 13.5. The van der Waals surface area contributed by atoms with Crippen molar-refractivity contribution in [2.75, 3.05) is 23.4 Å². The lowest BCUT2D eigenvalue weighted by Crippen LogP contribution is -2.41. The molecule has 8 heteroatoms. The summed E-state index contributed by atoms with van der Waals surface area (Å²) >= 11 is 1.70. The summed E-state index contributed by atoms with van der Waals surface area (Å²) in [6.45, 7) is 4.67. The van der Waals surface area contributed by atoms with Gasteiger partial charge in [-0.15, -0.1) is 0 Å². The largest absolute Gasteiger partial charge is 0.468 e. The SMILES string of the molecule is Cc1ccc(C)c(Sc2ccc(NC(=O)CN(Cc3ccco3)C3CCS(=O)(=O)C3)cc2)c1. The minimum absolute atomic E-state index is 0.0747. The summed E-state index contributed by atoms with van der Waals surface area (Å²) in [5.41, 5.74) is 3.16. The lowest BCUT2D eigenvalue weighted by Gasteiger charge is -2.26. The predicted octanol–water partition coefficient (Wildman–Crippen LogP) is 4.68. The number of benzene rings is 2. The standard InChI is InChI=1S/C25H28N2O4S2/c1-18-5-6-19(2)24(14-18)32-23-9-7-20(8-10-23)26-25(28)16-27(15-22-4-3-12-31-22)21-11-13-33(29,30)17-21/h3-10,12,14,21H,11,13,15-17H2,1-2H3,(H,26,28). The molecular weight excluding hydrogens is 456 g/mol. The molecule has 1 saturated heterocycles. The minimum atomic E-state index is -3.06. The number of hydrogen-bond donors (Lipinski definition) is 1. The normalized spacial score (nSPS) is 17.4. The molecule has 0 radical (unpaired) electrons. The lowest BCUT2D eigenvalue weighted by molar-refractivity contribution is -0.118. The highest BCUT2D eigenvalue weighted by Gasteiger charge is 2.33. The molecule has 6 nitrogen and oxygen atoms in total. The van der Waals surface area contributed by atoms with E-state index in [1.807, 2.05) is 35.2 Å². The van der Waals surface area contributed by atoms with Gasteiger partial charge in [0.25, 0.3) is 0 Å². The Bertz CT molecular complexity index is 1210. The van der Waals surface area contributed by atoms with E-state index in [0.717, 1.165) is 4.90 Å². The number of rotatable bonds is 8. The fourth-order valence-corrected chi connectivity index (χ4v) is 6.68. The molecule has 0 aliphatic carbocycles. The molecule has 2 heterocycles. The summed E-state index contributed by atoms with van der Waals surface area (Å²) in [5.74, 6) is 0.763. The van der Waals surface area contributed by atoms with Gasteiger partial charge in [-0.05, 0) is 73.9 Å². The number of carbonyl (C=O) groups excluding carboxylic acids is 1. The number of anilines is 1. The summed E-state index contributed by atoms with van der Waals surface area (Å²) in [4.78, 5) is 17.0. The Morgan fingerprint density at radius 2 is 1.94 bits per heavy atom. The van der Waals surface area contributed by atoms with E-state index < -0.39 is 9.84 Å². The van der Waals surface area contributed by atoms with Crippen molar-refractivity contribution in [1.29, 1.82) is 0 Å². The van der Waals surface area contributed by atoms with Gasteiger partial charge in [-0.1, -0.05) is 23.9 Å². The Morgan fingerprint density at radius 1 is 1.15 bits per heavy atom. The number of nitrogens with zero attached hydrogens (tertiary/aromatic N) is 1. The van der Waals surface area contributed by atoms with E-state index in [1.165, 1.54) is 16.0 Å². The van der Waals surface area contributed by atoms with Crippen molar-refractivity contribution in [3.8, 4) is 0 Å². The number of sulfone groups is 1. The molecule has 1 fully saturated rings. The van der Waals surface area contributed by atoms with Crippen molar-refractivity contribution >= 4 is 33.2 Å². The lowest BCUT2D eigenvalue weighted by atomic mass is 10.2. The molecule has 2 aromatic carbocycles. The molecule has 1 aromatic heterocycles. The molecule has 4 rings (SSSR count). The molecule has 1 N–H and O–H groups in total. The fourth-order valence-electron chi connectivity index (χ4n) is 3.92. The van der Waals surface area contributed by atoms with Gasteiger partial charge in [0.05, 0.1) is 30.9 Å². The number of aryl methyl sites for hydroxylation is 2. The van der Waals surface area contributed by atoms with E-state index in [4.69, 9.17) is 4.42 Å². The summed E-state index contributed by atoms with van der Waals surface area (Å²) in [6.07, 6.45) is 2.11. The fraction of sp³-hybridized carbons (Fsp3) is 0.320. The zero-order valence-electron chi connectivity index (χ0n) is 18.8. The molecule has 33 heavy (non-hydrogen) atoms. The van der Waals surface area contributed by atoms with E-state index in [9.17, 15) is 13.2 Å². The van der Waals surface area contributed by atoms with Crippen LogP contribution < -0.4 is 5.32 Å².